The summed E-state index contributed by atoms with van der Waals surface area (Å²) in [6.45, 7) is 11.4. The lowest BCUT2D eigenvalue weighted by Crippen LogP contribution is -2.51. The Morgan fingerprint density at radius 2 is 1.83 bits per heavy atom. The number of fused-ring (bicyclic) bond motifs is 1. The highest BCUT2D eigenvalue weighted by molar-refractivity contribution is 5.90. The van der Waals surface area contributed by atoms with Crippen molar-refractivity contribution in [3.05, 3.63) is 59.7 Å². The zero-order valence-corrected chi connectivity index (χ0v) is 21.5. The average molecular weight is 480 g/mol. The zero-order chi connectivity index (χ0) is 25.4. The first kappa shape index (κ1) is 26.3. The summed E-state index contributed by atoms with van der Waals surface area (Å²) in [6.07, 6.45) is 1.38. The van der Waals surface area contributed by atoms with E-state index in [1.165, 1.54) is 0 Å². The van der Waals surface area contributed by atoms with Crippen molar-refractivity contribution in [1.29, 1.82) is 0 Å². The van der Waals surface area contributed by atoms with Crippen LogP contribution in [-0.2, 0) is 20.9 Å². The summed E-state index contributed by atoms with van der Waals surface area (Å²) >= 11 is 0. The average Bonchev–Trinajstić information content (AvgIpc) is 3.24. The van der Waals surface area contributed by atoms with Gasteiger partial charge in [0, 0.05) is 25.3 Å². The first-order valence-corrected chi connectivity index (χ1v) is 12.3. The summed E-state index contributed by atoms with van der Waals surface area (Å²) in [7, 11) is 0. The Morgan fingerprint density at radius 1 is 1.11 bits per heavy atom. The molecule has 0 aliphatic carbocycles. The summed E-state index contributed by atoms with van der Waals surface area (Å²) in [5.74, 6) is -0.394. The van der Waals surface area contributed by atoms with E-state index in [0.29, 0.717) is 26.2 Å². The van der Waals surface area contributed by atoms with Gasteiger partial charge in [-0.1, -0.05) is 48.5 Å². The maximum absolute atomic E-state index is 13.8. The molecule has 1 heterocycles. The molecule has 2 aromatic carbocycles. The SMILES string of the molecule is CCOCCCN(C(=O)Cn1nnc2ccccc21)[C@@H](C(=O)NC(C)(C)CC)c1ccccc1C. The third-order valence-electron chi connectivity index (χ3n) is 6.31. The normalized spacial score (nSPS) is 12.5. The number of nitrogens with zero attached hydrogens (tertiary/aromatic N) is 4. The standard InChI is InChI=1S/C27H37N5O3/c1-6-27(4,5)28-26(34)25(21-14-9-8-13-20(21)3)31(17-12-18-35-7-2)24(33)19-32-23-16-11-10-15-22(23)29-30-32/h8-11,13-16,25H,6-7,12,17-19H2,1-5H3,(H,28,34)/t25-/m1/s1. The number of hydrogen-bond donors (Lipinski definition) is 1. The quantitative estimate of drug-likeness (QED) is 0.396. The second kappa shape index (κ2) is 11.9. The number of benzene rings is 2. The number of aromatic nitrogens is 3. The van der Waals surface area contributed by atoms with Crippen molar-refractivity contribution in [2.24, 2.45) is 0 Å². The molecule has 1 N–H and O–H groups in total. The van der Waals surface area contributed by atoms with E-state index < -0.39 is 11.6 Å². The molecule has 0 radical (unpaired) electrons. The topological polar surface area (TPSA) is 89.3 Å². The van der Waals surface area contributed by atoms with Crippen LogP contribution in [-0.4, -0.2) is 57.0 Å². The monoisotopic (exact) mass is 479 g/mol. The minimum atomic E-state index is -0.772. The van der Waals surface area contributed by atoms with E-state index in [1.54, 1.807) is 9.58 Å². The molecule has 8 nitrogen and oxygen atoms in total. The highest BCUT2D eigenvalue weighted by Gasteiger charge is 2.34. The van der Waals surface area contributed by atoms with Crippen molar-refractivity contribution in [2.75, 3.05) is 19.8 Å². The van der Waals surface area contributed by atoms with Crippen molar-refractivity contribution < 1.29 is 14.3 Å². The molecule has 0 spiro atoms. The molecule has 1 aromatic heterocycles. The molecule has 0 saturated carbocycles. The van der Waals surface area contributed by atoms with Gasteiger partial charge >= 0.3 is 0 Å². The van der Waals surface area contributed by atoms with Gasteiger partial charge < -0.3 is 15.0 Å². The molecule has 2 amide bonds. The van der Waals surface area contributed by atoms with Crippen molar-refractivity contribution in [3.8, 4) is 0 Å². The highest BCUT2D eigenvalue weighted by Crippen LogP contribution is 2.27. The Kier molecular flexibility index (Phi) is 8.98. The van der Waals surface area contributed by atoms with Crippen LogP contribution in [0.15, 0.2) is 48.5 Å². The smallest absolute Gasteiger partial charge is 0.247 e. The van der Waals surface area contributed by atoms with Gasteiger partial charge in [0.25, 0.3) is 0 Å². The van der Waals surface area contributed by atoms with Crippen LogP contribution in [0.4, 0.5) is 0 Å². The van der Waals surface area contributed by atoms with Gasteiger partial charge in [-0.05, 0) is 63.8 Å². The van der Waals surface area contributed by atoms with Gasteiger partial charge in [-0.2, -0.15) is 0 Å². The van der Waals surface area contributed by atoms with Crippen molar-refractivity contribution >= 4 is 22.8 Å². The minimum Gasteiger partial charge on any atom is -0.382 e. The van der Waals surface area contributed by atoms with Gasteiger partial charge in [-0.3, -0.25) is 9.59 Å². The lowest BCUT2D eigenvalue weighted by Gasteiger charge is -2.35. The van der Waals surface area contributed by atoms with E-state index in [4.69, 9.17) is 4.74 Å². The molecule has 0 aliphatic heterocycles. The second-order valence-electron chi connectivity index (χ2n) is 9.36. The van der Waals surface area contributed by atoms with E-state index in [1.807, 2.05) is 83.1 Å². The van der Waals surface area contributed by atoms with Gasteiger partial charge in [-0.15, -0.1) is 5.10 Å². The fourth-order valence-electron chi connectivity index (χ4n) is 3.97. The van der Waals surface area contributed by atoms with Crippen LogP contribution >= 0.6 is 0 Å². The van der Waals surface area contributed by atoms with Crippen LogP contribution in [0.25, 0.3) is 11.0 Å². The highest BCUT2D eigenvalue weighted by atomic mass is 16.5. The number of carbonyl (C=O) groups is 2. The first-order valence-electron chi connectivity index (χ1n) is 12.3. The number of hydrogen-bond acceptors (Lipinski definition) is 5. The van der Waals surface area contributed by atoms with Gasteiger partial charge in [0.1, 0.15) is 18.1 Å². The van der Waals surface area contributed by atoms with Crippen LogP contribution in [0.1, 0.15) is 57.7 Å². The first-order chi connectivity index (χ1) is 16.8. The summed E-state index contributed by atoms with van der Waals surface area (Å²) < 4.78 is 7.12. The number of nitrogens with one attached hydrogen (secondary N) is 1. The predicted molar refractivity (Wildman–Crippen MR) is 137 cm³/mol. The Labute approximate surface area is 207 Å². The summed E-state index contributed by atoms with van der Waals surface area (Å²) in [6, 6.07) is 14.5. The Balaban J connectivity index is 1.99. The molecular weight excluding hydrogens is 442 g/mol. The number of para-hydroxylation sites is 1. The summed E-state index contributed by atoms with van der Waals surface area (Å²) in [5.41, 5.74) is 2.86. The number of rotatable bonds is 12. The van der Waals surface area contributed by atoms with Gasteiger partial charge in [0.2, 0.25) is 11.8 Å². The molecule has 3 rings (SSSR count). The third-order valence-corrected chi connectivity index (χ3v) is 6.31. The predicted octanol–water partition coefficient (Wildman–Crippen LogP) is 4.04. The van der Waals surface area contributed by atoms with Gasteiger partial charge in [0.05, 0.1) is 5.52 Å². The number of carbonyl (C=O) groups excluding carboxylic acids is 2. The van der Waals surface area contributed by atoms with Crippen LogP contribution in [0.5, 0.6) is 0 Å². The Bertz CT molecular complexity index is 1140. The Morgan fingerprint density at radius 3 is 2.54 bits per heavy atom. The molecule has 188 valence electrons. The molecule has 0 bridgehead atoms. The molecule has 1 atom stereocenters. The van der Waals surface area contributed by atoms with E-state index in [0.717, 1.165) is 28.6 Å². The van der Waals surface area contributed by atoms with E-state index >= 15 is 0 Å². The molecule has 3 aromatic rings. The van der Waals surface area contributed by atoms with Crippen molar-refractivity contribution in [2.45, 2.75) is 65.6 Å². The second-order valence-corrected chi connectivity index (χ2v) is 9.36. The van der Waals surface area contributed by atoms with E-state index in [9.17, 15) is 9.59 Å². The summed E-state index contributed by atoms with van der Waals surface area (Å²) in [4.78, 5) is 29.2. The molecule has 8 heteroatoms. The zero-order valence-electron chi connectivity index (χ0n) is 21.5. The lowest BCUT2D eigenvalue weighted by atomic mass is 9.96. The van der Waals surface area contributed by atoms with E-state index in [2.05, 4.69) is 15.6 Å². The number of ether oxygens (including phenoxy) is 1. The van der Waals surface area contributed by atoms with Crippen LogP contribution in [0.2, 0.25) is 0 Å². The van der Waals surface area contributed by atoms with Crippen LogP contribution in [0.3, 0.4) is 0 Å². The molecule has 0 unspecified atom stereocenters. The molecule has 0 saturated heterocycles. The fourth-order valence-corrected chi connectivity index (χ4v) is 3.97. The number of aryl methyl sites for hydroxylation is 1. The largest absolute Gasteiger partial charge is 0.382 e. The van der Waals surface area contributed by atoms with E-state index in [-0.39, 0.29) is 18.4 Å². The number of amides is 2. The molecule has 0 aliphatic rings. The molecular formula is C27H37N5O3. The molecule has 35 heavy (non-hydrogen) atoms. The van der Waals surface area contributed by atoms with Crippen molar-refractivity contribution in [3.63, 3.8) is 0 Å². The van der Waals surface area contributed by atoms with Gasteiger partial charge in [-0.25, -0.2) is 4.68 Å². The molecule has 0 fully saturated rings. The van der Waals surface area contributed by atoms with Crippen LogP contribution in [0, 0.1) is 6.92 Å². The minimum absolute atomic E-state index is 0.0119. The Hall–Kier alpha value is -3.26. The third kappa shape index (κ3) is 6.66. The summed E-state index contributed by atoms with van der Waals surface area (Å²) in [5, 5.41) is 11.5. The lowest BCUT2D eigenvalue weighted by molar-refractivity contribution is -0.142. The maximum atomic E-state index is 13.8. The maximum Gasteiger partial charge on any atom is 0.247 e. The van der Waals surface area contributed by atoms with Crippen LogP contribution < -0.4 is 5.32 Å². The van der Waals surface area contributed by atoms with Crippen molar-refractivity contribution in [1.82, 2.24) is 25.2 Å². The fraction of sp³-hybridized carbons (Fsp3) is 0.481. The van der Waals surface area contributed by atoms with Gasteiger partial charge in [0.15, 0.2) is 0 Å².